The maximum Gasteiger partial charge on any atom is 0.338 e. The highest BCUT2D eigenvalue weighted by Crippen LogP contribution is 2.28. The smallest absolute Gasteiger partial charge is 0.338 e. The van der Waals surface area contributed by atoms with Crippen molar-refractivity contribution in [2.45, 2.75) is 39.7 Å². The monoisotopic (exact) mass is 452 g/mol. The largest absolute Gasteiger partial charge is 0.507 e. The molecule has 1 unspecified atom stereocenters. The second-order valence-electron chi connectivity index (χ2n) is 8.76. The Bertz CT molecular complexity index is 1180. The topological polar surface area (TPSA) is 90.4 Å². The zero-order chi connectivity index (χ0) is 23.4. The molecule has 33 heavy (non-hydrogen) atoms. The van der Waals surface area contributed by atoms with Crippen molar-refractivity contribution >= 4 is 16.9 Å². The number of carbonyl (C=O) groups is 1. The normalized spacial score (nSPS) is 18.2. The molecule has 1 saturated heterocycles. The number of phenolic OH excluding ortho intramolecular Hbond substituents is 1. The van der Waals surface area contributed by atoms with Gasteiger partial charge in [-0.25, -0.2) is 4.79 Å². The number of rotatable bonds is 7. The third-order valence-corrected chi connectivity index (χ3v) is 6.03. The van der Waals surface area contributed by atoms with Gasteiger partial charge in [0.25, 0.3) is 0 Å². The van der Waals surface area contributed by atoms with Crippen LogP contribution in [0.5, 0.6) is 17.2 Å². The quantitative estimate of drug-likeness (QED) is 0.532. The molecule has 2 N–H and O–H groups in total. The van der Waals surface area contributed by atoms with Crippen LogP contribution in [0.25, 0.3) is 11.0 Å². The van der Waals surface area contributed by atoms with E-state index >= 15 is 0 Å². The molecule has 2 heterocycles. The molecule has 0 saturated carbocycles. The summed E-state index contributed by atoms with van der Waals surface area (Å²) in [6, 6.07) is 9.50. The highest BCUT2D eigenvalue weighted by Gasteiger charge is 2.24. The van der Waals surface area contributed by atoms with Crippen LogP contribution in [-0.4, -0.2) is 30.8 Å². The van der Waals surface area contributed by atoms with E-state index in [1.54, 1.807) is 36.4 Å². The van der Waals surface area contributed by atoms with Crippen LogP contribution in [0.3, 0.4) is 0 Å². The van der Waals surface area contributed by atoms with Gasteiger partial charge >= 0.3 is 5.97 Å². The first-order chi connectivity index (χ1) is 16.0. The number of piperidine rings is 1. The van der Waals surface area contributed by atoms with E-state index in [9.17, 15) is 14.7 Å². The minimum Gasteiger partial charge on any atom is -0.507 e. The van der Waals surface area contributed by atoms with Crippen molar-refractivity contribution in [2.24, 2.45) is 5.92 Å². The lowest BCUT2D eigenvalue weighted by molar-refractivity contribution is -0.922. The van der Waals surface area contributed by atoms with E-state index in [2.05, 4.69) is 6.92 Å². The molecule has 0 aliphatic carbocycles. The van der Waals surface area contributed by atoms with E-state index in [1.807, 2.05) is 6.92 Å². The van der Waals surface area contributed by atoms with Gasteiger partial charge < -0.3 is 23.9 Å². The van der Waals surface area contributed by atoms with Gasteiger partial charge in [-0.05, 0) is 55.7 Å². The first-order valence-corrected chi connectivity index (χ1v) is 11.5. The van der Waals surface area contributed by atoms with Crippen molar-refractivity contribution in [3.8, 4) is 17.2 Å². The lowest BCUT2D eigenvalue weighted by Gasteiger charge is -2.28. The summed E-state index contributed by atoms with van der Waals surface area (Å²) in [5.41, 5.74) is 1.14. The minimum atomic E-state index is -0.397. The molecule has 3 aromatic rings. The fourth-order valence-electron chi connectivity index (χ4n) is 4.34. The molecule has 0 spiro atoms. The van der Waals surface area contributed by atoms with E-state index in [4.69, 9.17) is 13.9 Å². The van der Waals surface area contributed by atoms with Crippen LogP contribution in [-0.2, 0) is 11.3 Å². The van der Waals surface area contributed by atoms with Gasteiger partial charge in [0, 0.05) is 5.92 Å². The highest BCUT2D eigenvalue weighted by molar-refractivity contribution is 5.89. The Morgan fingerprint density at radius 3 is 2.73 bits per heavy atom. The van der Waals surface area contributed by atoms with E-state index in [-0.39, 0.29) is 16.9 Å². The Morgan fingerprint density at radius 2 is 2.00 bits per heavy atom. The van der Waals surface area contributed by atoms with Gasteiger partial charge in [0.1, 0.15) is 24.3 Å². The molecule has 2 atom stereocenters. The second kappa shape index (κ2) is 10.1. The molecular weight excluding hydrogens is 422 g/mol. The van der Waals surface area contributed by atoms with Gasteiger partial charge in [-0.15, -0.1) is 0 Å². The summed E-state index contributed by atoms with van der Waals surface area (Å²) in [5, 5.41) is 10.8. The van der Waals surface area contributed by atoms with Crippen molar-refractivity contribution in [1.82, 2.24) is 0 Å². The van der Waals surface area contributed by atoms with Crippen LogP contribution >= 0.6 is 0 Å². The SMILES string of the molecule is CCCOC(=O)c1ccc(Oc2coc3c(C[NH+]4CCC[C@@H](C)C4)c(O)ccc3c2=O)cc1. The van der Waals surface area contributed by atoms with Crippen molar-refractivity contribution in [1.29, 1.82) is 0 Å². The van der Waals surface area contributed by atoms with Crippen LogP contribution in [0.1, 0.15) is 49.0 Å². The molecule has 1 aliphatic heterocycles. The number of quaternary nitrogens is 1. The molecule has 1 aromatic heterocycles. The maximum atomic E-state index is 13.1. The van der Waals surface area contributed by atoms with Crippen molar-refractivity contribution in [3.05, 3.63) is 64.0 Å². The van der Waals surface area contributed by atoms with Gasteiger partial charge in [0.2, 0.25) is 11.2 Å². The molecule has 0 bridgehead atoms. The number of hydrogen-bond donors (Lipinski definition) is 2. The number of fused-ring (bicyclic) bond motifs is 1. The van der Waals surface area contributed by atoms with Crippen molar-refractivity contribution in [2.75, 3.05) is 19.7 Å². The van der Waals surface area contributed by atoms with Crippen LogP contribution in [0.2, 0.25) is 0 Å². The summed E-state index contributed by atoms with van der Waals surface area (Å²) >= 11 is 0. The summed E-state index contributed by atoms with van der Waals surface area (Å²) in [5.74, 6) is 0.818. The van der Waals surface area contributed by atoms with Gasteiger partial charge in [0.05, 0.1) is 36.2 Å². The van der Waals surface area contributed by atoms with Crippen LogP contribution in [0.4, 0.5) is 0 Å². The predicted molar refractivity (Wildman–Crippen MR) is 124 cm³/mol. The van der Waals surface area contributed by atoms with Crippen LogP contribution in [0, 0.1) is 5.92 Å². The highest BCUT2D eigenvalue weighted by atomic mass is 16.5. The molecule has 7 nitrogen and oxygen atoms in total. The Hall–Kier alpha value is -3.32. The summed E-state index contributed by atoms with van der Waals surface area (Å²) in [4.78, 5) is 26.4. The third kappa shape index (κ3) is 5.20. The number of ether oxygens (including phenoxy) is 2. The summed E-state index contributed by atoms with van der Waals surface area (Å²) < 4.78 is 16.7. The molecule has 4 rings (SSSR count). The Balaban J connectivity index is 1.56. The fraction of sp³-hybridized carbons (Fsp3) is 0.385. The number of nitrogens with one attached hydrogen (secondary N) is 1. The molecule has 0 amide bonds. The molecule has 0 radical (unpaired) electrons. The van der Waals surface area contributed by atoms with E-state index in [0.29, 0.717) is 46.9 Å². The second-order valence-corrected chi connectivity index (χ2v) is 8.76. The minimum absolute atomic E-state index is 0.0411. The Morgan fingerprint density at radius 1 is 1.21 bits per heavy atom. The van der Waals surface area contributed by atoms with Gasteiger partial charge in [0.15, 0.2) is 5.58 Å². The maximum absolute atomic E-state index is 13.1. The average Bonchev–Trinajstić information content (AvgIpc) is 2.81. The van der Waals surface area contributed by atoms with Gasteiger partial charge in [-0.3, -0.25) is 4.79 Å². The zero-order valence-electron chi connectivity index (χ0n) is 19.1. The van der Waals surface area contributed by atoms with Gasteiger partial charge in [-0.1, -0.05) is 13.8 Å². The molecule has 174 valence electrons. The molecule has 2 aromatic carbocycles. The van der Waals surface area contributed by atoms with E-state index in [0.717, 1.165) is 25.9 Å². The van der Waals surface area contributed by atoms with Gasteiger partial charge in [-0.2, -0.15) is 0 Å². The van der Waals surface area contributed by atoms with Crippen LogP contribution in [0.15, 0.2) is 51.9 Å². The molecular formula is C26H30NO6+. The summed E-state index contributed by atoms with van der Waals surface area (Å²) in [6.45, 7) is 7.21. The number of benzene rings is 2. The number of carbonyl (C=O) groups excluding carboxylic acids is 1. The average molecular weight is 453 g/mol. The lowest BCUT2D eigenvalue weighted by atomic mass is 9.99. The molecule has 1 aliphatic rings. The van der Waals surface area contributed by atoms with Crippen molar-refractivity contribution < 1.29 is 28.7 Å². The predicted octanol–water partition coefficient (Wildman–Crippen LogP) is 3.67. The van der Waals surface area contributed by atoms with Crippen LogP contribution < -0.4 is 15.1 Å². The number of aromatic hydroxyl groups is 1. The number of phenols is 1. The third-order valence-electron chi connectivity index (χ3n) is 6.03. The molecule has 7 heteroatoms. The number of hydrogen-bond acceptors (Lipinski definition) is 6. The van der Waals surface area contributed by atoms with E-state index < -0.39 is 5.97 Å². The molecule has 1 fully saturated rings. The summed E-state index contributed by atoms with van der Waals surface area (Å²) in [6.07, 6.45) is 4.41. The summed E-state index contributed by atoms with van der Waals surface area (Å²) in [7, 11) is 0. The first kappa shape index (κ1) is 22.9. The zero-order valence-corrected chi connectivity index (χ0v) is 19.1. The standard InChI is InChI=1S/C26H29NO6/c1-3-13-31-26(30)18-6-8-19(9-7-18)33-23-16-32-25-20(24(23)29)10-11-22(28)21(25)15-27-12-4-5-17(2)14-27/h6-11,16-17,28H,3-5,12-15H2,1-2H3/p+1/t17-/m1/s1. The Labute approximate surface area is 192 Å². The fourth-order valence-corrected chi connectivity index (χ4v) is 4.34. The number of likely N-dealkylation sites (tertiary alicyclic amines) is 1. The number of esters is 1. The Kier molecular flexibility index (Phi) is 6.99. The van der Waals surface area contributed by atoms with Crippen molar-refractivity contribution in [3.63, 3.8) is 0 Å². The first-order valence-electron chi connectivity index (χ1n) is 11.5. The lowest BCUT2D eigenvalue weighted by Crippen LogP contribution is -3.12. The van der Waals surface area contributed by atoms with E-state index in [1.165, 1.54) is 17.6 Å².